The number of H-pyrrole nitrogens is 1. The lowest BCUT2D eigenvalue weighted by Crippen LogP contribution is -2.24. The maximum Gasteiger partial charge on any atom is 0.124 e. The zero-order valence-electron chi connectivity index (χ0n) is 8.17. The molecule has 1 saturated carbocycles. The molecule has 1 aromatic rings. The summed E-state index contributed by atoms with van der Waals surface area (Å²) in [5.41, 5.74) is 6.17. The smallest absolute Gasteiger partial charge is 0.124 e. The summed E-state index contributed by atoms with van der Waals surface area (Å²) in [7, 11) is 0. The Morgan fingerprint density at radius 2 is 2.14 bits per heavy atom. The molecular formula is C10H16BrN3. The molecule has 1 aliphatic carbocycles. The number of nitrogens with one attached hydrogen (secondary N) is 1. The predicted octanol–water partition coefficient (Wildman–Crippen LogP) is 2.75. The number of aromatic nitrogens is 2. The Kier molecular flexibility index (Phi) is 3.23. The molecule has 3 N–H and O–H groups in total. The molecule has 1 atom stereocenters. The van der Waals surface area contributed by atoms with Crippen LogP contribution in [-0.4, -0.2) is 9.97 Å². The van der Waals surface area contributed by atoms with E-state index in [2.05, 4.69) is 25.9 Å². The first-order valence-corrected chi connectivity index (χ1v) is 6.02. The maximum absolute atomic E-state index is 6.17. The van der Waals surface area contributed by atoms with Gasteiger partial charge in [-0.3, -0.25) is 0 Å². The fraction of sp³-hybridized carbons (Fsp3) is 0.700. The monoisotopic (exact) mass is 257 g/mol. The summed E-state index contributed by atoms with van der Waals surface area (Å²) in [4.78, 5) is 7.42. The lowest BCUT2D eigenvalue weighted by atomic mass is 9.84. The molecule has 4 heteroatoms. The largest absolute Gasteiger partial charge is 0.335 e. The van der Waals surface area contributed by atoms with Gasteiger partial charge in [0.2, 0.25) is 0 Å². The number of nitrogens with two attached hydrogens (primary N) is 1. The van der Waals surface area contributed by atoms with Gasteiger partial charge in [-0.1, -0.05) is 19.3 Å². The van der Waals surface area contributed by atoms with Crippen LogP contribution in [-0.2, 0) is 0 Å². The summed E-state index contributed by atoms with van der Waals surface area (Å²) in [5.74, 6) is 1.53. The molecule has 1 fully saturated rings. The molecule has 1 aromatic heterocycles. The van der Waals surface area contributed by atoms with Gasteiger partial charge in [0, 0.05) is 0 Å². The van der Waals surface area contributed by atoms with E-state index in [9.17, 15) is 0 Å². The normalized spacial score (nSPS) is 21.0. The van der Waals surface area contributed by atoms with E-state index in [1.165, 1.54) is 32.1 Å². The van der Waals surface area contributed by atoms with Crippen LogP contribution in [0.25, 0.3) is 0 Å². The van der Waals surface area contributed by atoms with E-state index in [1.54, 1.807) is 6.20 Å². The first-order chi connectivity index (χ1) is 6.77. The van der Waals surface area contributed by atoms with E-state index in [-0.39, 0.29) is 6.04 Å². The molecule has 2 rings (SSSR count). The minimum absolute atomic E-state index is 0.0848. The van der Waals surface area contributed by atoms with Gasteiger partial charge in [-0.25, -0.2) is 4.98 Å². The molecule has 1 heterocycles. The Hall–Kier alpha value is -0.350. The third kappa shape index (κ3) is 2.17. The first-order valence-electron chi connectivity index (χ1n) is 5.23. The molecule has 1 unspecified atom stereocenters. The van der Waals surface area contributed by atoms with Crippen LogP contribution in [0.15, 0.2) is 10.8 Å². The van der Waals surface area contributed by atoms with Crippen molar-refractivity contribution in [2.45, 2.75) is 38.1 Å². The van der Waals surface area contributed by atoms with Crippen LogP contribution in [0.5, 0.6) is 0 Å². The molecule has 0 aliphatic heterocycles. The minimum atomic E-state index is 0.0848. The van der Waals surface area contributed by atoms with Crippen LogP contribution in [0.1, 0.15) is 44.0 Å². The zero-order valence-corrected chi connectivity index (χ0v) is 9.76. The van der Waals surface area contributed by atoms with Crippen molar-refractivity contribution in [1.29, 1.82) is 0 Å². The van der Waals surface area contributed by atoms with Gasteiger partial charge in [-0.2, -0.15) is 0 Å². The zero-order chi connectivity index (χ0) is 9.97. The Balaban J connectivity index is 2.03. The minimum Gasteiger partial charge on any atom is -0.335 e. The molecular weight excluding hydrogens is 242 g/mol. The van der Waals surface area contributed by atoms with Crippen molar-refractivity contribution < 1.29 is 0 Å². The van der Waals surface area contributed by atoms with E-state index in [4.69, 9.17) is 5.73 Å². The van der Waals surface area contributed by atoms with Crippen LogP contribution in [0.4, 0.5) is 0 Å². The highest BCUT2D eigenvalue weighted by Crippen LogP contribution is 2.31. The molecule has 0 aromatic carbocycles. The molecule has 14 heavy (non-hydrogen) atoms. The van der Waals surface area contributed by atoms with Crippen molar-refractivity contribution in [2.24, 2.45) is 11.7 Å². The van der Waals surface area contributed by atoms with Gasteiger partial charge in [0.1, 0.15) is 10.4 Å². The van der Waals surface area contributed by atoms with Crippen molar-refractivity contribution in [3.63, 3.8) is 0 Å². The van der Waals surface area contributed by atoms with Crippen molar-refractivity contribution in [3.8, 4) is 0 Å². The van der Waals surface area contributed by atoms with E-state index in [0.717, 1.165) is 10.4 Å². The highest BCUT2D eigenvalue weighted by molar-refractivity contribution is 9.10. The van der Waals surface area contributed by atoms with E-state index >= 15 is 0 Å². The fourth-order valence-corrected chi connectivity index (χ4v) is 2.50. The molecule has 0 saturated heterocycles. The Bertz CT molecular complexity index is 291. The summed E-state index contributed by atoms with van der Waals surface area (Å²) >= 11 is 3.35. The highest BCUT2D eigenvalue weighted by Gasteiger charge is 2.23. The summed E-state index contributed by atoms with van der Waals surface area (Å²) < 4.78 is 0.916. The second-order valence-corrected chi connectivity index (χ2v) is 4.89. The number of imidazole rings is 1. The third-order valence-electron chi connectivity index (χ3n) is 3.04. The molecule has 3 nitrogen and oxygen atoms in total. The lowest BCUT2D eigenvalue weighted by molar-refractivity contribution is 0.301. The Labute approximate surface area is 92.6 Å². The van der Waals surface area contributed by atoms with Crippen LogP contribution >= 0.6 is 15.9 Å². The SMILES string of the molecule is NC(c1ncc(Br)[nH]1)C1CCCCC1. The van der Waals surface area contributed by atoms with Crippen molar-refractivity contribution in [3.05, 3.63) is 16.6 Å². The van der Waals surface area contributed by atoms with Gasteiger partial charge in [-0.15, -0.1) is 0 Å². The van der Waals surface area contributed by atoms with Crippen LogP contribution in [0, 0.1) is 5.92 Å². The maximum atomic E-state index is 6.17. The Morgan fingerprint density at radius 3 is 2.71 bits per heavy atom. The first kappa shape index (κ1) is 10.2. The number of rotatable bonds is 2. The number of hydrogen-bond donors (Lipinski definition) is 2. The summed E-state index contributed by atoms with van der Waals surface area (Å²) in [6, 6.07) is 0.0848. The second kappa shape index (κ2) is 4.45. The molecule has 0 bridgehead atoms. The highest BCUT2D eigenvalue weighted by atomic mass is 79.9. The molecule has 0 spiro atoms. The standard InChI is InChI=1S/C10H16BrN3/c11-8-6-13-10(14-8)9(12)7-4-2-1-3-5-7/h6-7,9H,1-5,12H2,(H,13,14). The molecule has 0 radical (unpaired) electrons. The summed E-state index contributed by atoms with van der Waals surface area (Å²) in [6.07, 6.45) is 8.28. The number of nitrogens with zero attached hydrogens (tertiary/aromatic N) is 1. The van der Waals surface area contributed by atoms with Crippen LogP contribution < -0.4 is 5.73 Å². The van der Waals surface area contributed by atoms with Crippen molar-refractivity contribution >= 4 is 15.9 Å². The van der Waals surface area contributed by atoms with E-state index in [1.807, 2.05) is 0 Å². The van der Waals surface area contributed by atoms with Gasteiger partial charge < -0.3 is 10.7 Å². The quantitative estimate of drug-likeness (QED) is 0.856. The molecule has 1 aliphatic rings. The fourth-order valence-electron chi connectivity index (χ4n) is 2.20. The molecule has 78 valence electrons. The Morgan fingerprint density at radius 1 is 1.43 bits per heavy atom. The van der Waals surface area contributed by atoms with Gasteiger partial charge in [0.25, 0.3) is 0 Å². The number of halogens is 1. The predicted molar refractivity (Wildman–Crippen MR) is 59.8 cm³/mol. The second-order valence-electron chi connectivity index (χ2n) is 4.04. The summed E-state index contributed by atoms with van der Waals surface area (Å²) in [6.45, 7) is 0. The third-order valence-corrected chi connectivity index (χ3v) is 3.44. The lowest BCUT2D eigenvalue weighted by Gasteiger charge is -2.25. The van der Waals surface area contributed by atoms with Crippen LogP contribution in [0.2, 0.25) is 0 Å². The molecule has 0 amide bonds. The average Bonchev–Trinajstić information content (AvgIpc) is 2.65. The van der Waals surface area contributed by atoms with Gasteiger partial charge in [-0.05, 0) is 34.7 Å². The topological polar surface area (TPSA) is 54.7 Å². The summed E-state index contributed by atoms with van der Waals surface area (Å²) in [5, 5.41) is 0. The van der Waals surface area contributed by atoms with Crippen molar-refractivity contribution in [2.75, 3.05) is 0 Å². The van der Waals surface area contributed by atoms with Gasteiger partial charge in [0.15, 0.2) is 0 Å². The van der Waals surface area contributed by atoms with Gasteiger partial charge in [0.05, 0.1) is 12.2 Å². The average molecular weight is 258 g/mol. The van der Waals surface area contributed by atoms with Gasteiger partial charge >= 0.3 is 0 Å². The van der Waals surface area contributed by atoms with E-state index in [0.29, 0.717) is 5.92 Å². The number of aromatic amines is 1. The van der Waals surface area contributed by atoms with Crippen LogP contribution in [0.3, 0.4) is 0 Å². The van der Waals surface area contributed by atoms with E-state index < -0.39 is 0 Å². The van der Waals surface area contributed by atoms with Crippen molar-refractivity contribution in [1.82, 2.24) is 9.97 Å². The number of hydrogen-bond acceptors (Lipinski definition) is 2.